The van der Waals surface area contributed by atoms with Crippen molar-refractivity contribution in [2.45, 2.75) is 6.42 Å². The summed E-state index contributed by atoms with van der Waals surface area (Å²) in [7, 11) is 3.17. The molecule has 2 aromatic carbocycles. The van der Waals surface area contributed by atoms with Crippen LogP contribution in [-0.4, -0.2) is 26.3 Å². The van der Waals surface area contributed by atoms with Crippen LogP contribution in [-0.2, 0) is 11.2 Å². The zero-order chi connectivity index (χ0) is 16.7. The highest BCUT2D eigenvalue weighted by atomic mass is 127. The quantitative estimate of drug-likeness (QED) is 0.441. The van der Waals surface area contributed by atoms with Crippen LogP contribution in [0.15, 0.2) is 47.6 Å². The fourth-order valence-electron chi connectivity index (χ4n) is 2.01. The number of hydrazone groups is 1. The van der Waals surface area contributed by atoms with Gasteiger partial charge in [-0.1, -0.05) is 30.3 Å². The molecule has 0 bridgehead atoms. The van der Waals surface area contributed by atoms with Crippen molar-refractivity contribution in [2.24, 2.45) is 5.10 Å². The zero-order valence-corrected chi connectivity index (χ0v) is 15.0. The molecule has 6 heteroatoms. The molecule has 0 aliphatic carbocycles. The summed E-state index contributed by atoms with van der Waals surface area (Å²) in [6.45, 7) is 0. The average molecular weight is 424 g/mol. The average Bonchev–Trinajstić information content (AvgIpc) is 2.55. The van der Waals surface area contributed by atoms with Gasteiger partial charge in [-0.15, -0.1) is 0 Å². The summed E-state index contributed by atoms with van der Waals surface area (Å²) in [6, 6.07) is 13.2. The van der Waals surface area contributed by atoms with Crippen LogP contribution < -0.4 is 14.9 Å². The van der Waals surface area contributed by atoms with Gasteiger partial charge in [0.15, 0.2) is 11.5 Å². The molecule has 1 amide bonds. The molecule has 0 radical (unpaired) electrons. The Morgan fingerprint density at radius 3 is 2.61 bits per heavy atom. The Balaban J connectivity index is 2.00. The van der Waals surface area contributed by atoms with Crippen LogP contribution in [0.1, 0.15) is 11.1 Å². The van der Waals surface area contributed by atoms with Crippen molar-refractivity contribution in [3.05, 3.63) is 57.2 Å². The largest absolute Gasteiger partial charge is 0.493 e. The first-order valence-corrected chi connectivity index (χ1v) is 7.99. The number of carbonyl (C=O) groups excluding carboxylic acids is 1. The molecule has 0 spiro atoms. The summed E-state index contributed by atoms with van der Waals surface area (Å²) < 4.78 is 11.5. The van der Waals surface area contributed by atoms with Gasteiger partial charge < -0.3 is 9.47 Å². The van der Waals surface area contributed by atoms with Crippen LogP contribution in [0.5, 0.6) is 11.5 Å². The smallest absolute Gasteiger partial charge is 0.244 e. The van der Waals surface area contributed by atoms with E-state index in [-0.39, 0.29) is 5.91 Å². The second kappa shape index (κ2) is 8.52. The normalized spacial score (nSPS) is 10.6. The summed E-state index contributed by atoms with van der Waals surface area (Å²) in [5.74, 6) is 1.14. The van der Waals surface area contributed by atoms with Crippen molar-refractivity contribution >= 4 is 34.7 Å². The van der Waals surface area contributed by atoms with E-state index in [1.165, 1.54) is 0 Å². The topological polar surface area (TPSA) is 59.9 Å². The lowest BCUT2D eigenvalue weighted by Gasteiger charge is -2.10. The molecule has 2 aromatic rings. The standard InChI is InChI=1S/C17H17IN2O3/c1-22-15-9-13(8-14(18)17(15)23-2)11-19-20-16(21)10-12-6-4-3-5-7-12/h3-9,11H,10H2,1-2H3,(H,20,21)/b19-11+. The van der Waals surface area contributed by atoms with Crippen molar-refractivity contribution in [2.75, 3.05) is 14.2 Å². The number of rotatable bonds is 6. The van der Waals surface area contributed by atoms with Gasteiger partial charge >= 0.3 is 0 Å². The highest BCUT2D eigenvalue weighted by Crippen LogP contribution is 2.32. The van der Waals surface area contributed by atoms with Gasteiger partial charge in [0.2, 0.25) is 5.91 Å². The van der Waals surface area contributed by atoms with Gasteiger partial charge in [0.25, 0.3) is 0 Å². The van der Waals surface area contributed by atoms with Crippen molar-refractivity contribution in [1.29, 1.82) is 0 Å². The molecule has 0 fully saturated rings. The third kappa shape index (κ3) is 4.95. The third-order valence-corrected chi connectivity index (χ3v) is 3.87. The summed E-state index contributed by atoms with van der Waals surface area (Å²) in [5.41, 5.74) is 4.28. The molecule has 0 unspecified atom stereocenters. The molecule has 0 saturated carbocycles. The molecular weight excluding hydrogens is 407 g/mol. The first kappa shape index (κ1) is 17.3. The van der Waals surface area contributed by atoms with Crippen molar-refractivity contribution < 1.29 is 14.3 Å². The molecular formula is C17H17IN2O3. The van der Waals surface area contributed by atoms with Crippen molar-refractivity contribution in [3.63, 3.8) is 0 Å². The number of ether oxygens (including phenoxy) is 2. The second-order valence-electron chi connectivity index (χ2n) is 4.69. The molecule has 2 rings (SSSR count). The minimum absolute atomic E-state index is 0.164. The van der Waals surface area contributed by atoms with E-state index < -0.39 is 0 Å². The van der Waals surface area contributed by atoms with Crippen molar-refractivity contribution in [1.82, 2.24) is 5.43 Å². The maximum atomic E-state index is 11.8. The first-order chi connectivity index (χ1) is 11.1. The molecule has 0 atom stereocenters. The molecule has 5 nitrogen and oxygen atoms in total. The van der Waals surface area contributed by atoms with E-state index in [0.717, 1.165) is 14.7 Å². The highest BCUT2D eigenvalue weighted by molar-refractivity contribution is 14.1. The number of benzene rings is 2. The summed E-state index contributed by atoms with van der Waals surface area (Å²) in [5, 5.41) is 3.99. The number of hydrogen-bond acceptors (Lipinski definition) is 4. The summed E-state index contributed by atoms with van der Waals surface area (Å²) >= 11 is 2.16. The molecule has 23 heavy (non-hydrogen) atoms. The number of carbonyl (C=O) groups is 1. The maximum absolute atomic E-state index is 11.8. The molecule has 120 valence electrons. The predicted molar refractivity (Wildman–Crippen MR) is 98.1 cm³/mol. The SMILES string of the molecule is COc1cc(/C=N/NC(=O)Cc2ccccc2)cc(I)c1OC. The van der Waals surface area contributed by atoms with Crippen LogP contribution in [0.3, 0.4) is 0 Å². The lowest BCUT2D eigenvalue weighted by Crippen LogP contribution is -2.19. The van der Waals surface area contributed by atoms with Gasteiger partial charge in [-0.25, -0.2) is 5.43 Å². The van der Waals surface area contributed by atoms with Crippen molar-refractivity contribution in [3.8, 4) is 11.5 Å². The fourth-order valence-corrected chi connectivity index (χ4v) is 2.86. The van der Waals surface area contributed by atoms with Gasteiger partial charge in [-0.3, -0.25) is 4.79 Å². The van der Waals surface area contributed by atoms with E-state index >= 15 is 0 Å². The number of hydrogen-bond donors (Lipinski definition) is 1. The molecule has 0 aliphatic heterocycles. The van der Waals surface area contributed by atoms with E-state index in [1.54, 1.807) is 26.5 Å². The Hall–Kier alpha value is -2.09. The van der Waals surface area contributed by atoms with E-state index in [4.69, 9.17) is 9.47 Å². The number of amides is 1. The predicted octanol–water partition coefficient (Wildman–Crippen LogP) is 3.00. The zero-order valence-electron chi connectivity index (χ0n) is 12.9. The van der Waals surface area contributed by atoms with Gasteiger partial charge in [0.05, 0.1) is 30.4 Å². The Labute approximate surface area is 148 Å². The molecule has 0 aliphatic rings. The van der Waals surface area contributed by atoms with Crippen LogP contribution >= 0.6 is 22.6 Å². The number of halogens is 1. The van der Waals surface area contributed by atoms with Crippen LogP contribution in [0, 0.1) is 3.57 Å². The molecule has 1 N–H and O–H groups in total. The van der Waals surface area contributed by atoms with E-state index in [0.29, 0.717) is 17.9 Å². The Kier molecular flexibility index (Phi) is 6.40. The Morgan fingerprint density at radius 2 is 1.96 bits per heavy atom. The van der Waals surface area contributed by atoms with Gasteiger partial charge in [0, 0.05) is 0 Å². The van der Waals surface area contributed by atoms with Crippen LogP contribution in [0.25, 0.3) is 0 Å². The Bertz CT molecular complexity index is 702. The van der Waals surface area contributed by atoms with Gasteiger partial charge in [0.1, 0.15) is 0 Å². The molecule has 0 aromatic heterocycles. The fraction of sp³-hybridized carbons (Fsp3) is 0.176. The van der Waals surface area contributed by atoms with E-state index in [1.807, 2.05) is 36.4 Å². The van der Waals surface area contributed by atoms with Crippen LogP contribution in [0.4, 0.5) is 0 Å². The minimum atomic E-state index is -0.164. The number of methoxy groups -OCH3 is 2. The van der Waals surface area contributed by atoms with E-state index in [9.17, 15) is 4.79 Å². The van der Waals surface area contributed by atoms with Crippen LogP contribution in [0.2, 0.25) is 0 Å². The lowest BCUT2D eigenvalue weighted by molar-refractivity contribution is -0.120. The van der Waals surface area contributed by atoms with Gasteiger partial charge in [-0.2, -0.15) is 5.10 Å². The van der Waals surface area contributed by atoms with E-state index in [2.05, 4.69) is 33.1 Å². The summed E-state index contributed by atoms with van der Waals surface area (Å²) in [4.78, 5) is 11.8. The lowest BCUT2D eigenvalue weighted by atomic mass is 10.1. The minimum Gasteiger partial charge on any atom is -0.493 e. The highest BCUT2D eigenvalue weighted by Gasteiger charge is 2.09. The first-order valence-electron chi connectivity index (χ1n) is 6.91. The second-order valence-corrected chi connectivity index (χ2v) is 5.86. The molecule has 0 heterocycles. The maximum Gasteiger partial charge on any atom is 0.244 e. The number of nitrogens with one attached hydrogen (secondary N) is 1. The molecule has 0 saturated heterocycles. The van der Waals surface area contributed by atoms with Gasteiger partial charge in [-0.05, 0) is 45.9 Å². The third-order valence-electron chi connectivity index (χ3n) is 3.07. The Morgan fingerprint density at radius 1 is 1.22 bits per heavy atom. The number of nitrogens with zero attached hydrogens (tertiary/aromatic N) is 1. The summed E-state index contributed by atoms with van der Waals surface area (Å²) in [6.07, 6.45) is 1.87. The monoisotopic (exact) mass is 424 g/mol.